The highest BCUT2D eigenvalue weighted by Crippen LogP contribution is 2.18. The number of thiol groups is 1. The first-order valence-electron chi connectivity index (χ1n) is 5.08. The van der Waals surface area contributed by atoms with Crippen LogP contribution in [0, 0.1) is 5.92 Å². The van der Waals surface area contributed by atoms with Gasteiger partial charge in [0.25, 0.3) is 0 Å². The molecule has 0 saturated heterocycles. The van der Waals surface area contributed by atoms with Gasteiger partial charge in [-0.2, -0.15) is 0 Å². The van der Waals surface area contributed by atoms with E-state index in [9.17, 15) is 4.79 Å². The second-order valence-corrected chi connectivity index (χ2v) is 5.09. The van der Waals surface area contributed by atoms with Crippen LogP contribution in [0.2, 0.25) is 0 Å². The quantitative estimate of drug-likeness (QED) is 0.632. The van der Waals surface area contributed by atoms with Crippen molar-refractivity contribution < 1.29 is 9.53 Å². The molecule has 1 atom stereocenters. The Bertz CT molecular complexity index is 320. The molecule has 0 aliphatic carbocycles. The van der Waals surface area contributed by atoms with Crippen LogP contribution in [0.25, 0.3) is 0 Å². The van der Waals surface area contributed by atoms with Gasteiger partial charge in [0.1, 0.15) is 4.88 Å². The highest BCUT2D eigenvalue weighted by atomic mass is 32.1. The first-order chi connectivity index (χ1) is 7.13. The van der Waals surface area contributed by atoms with Crippen LogP contribution in [0.4, 0.5) is 0 Å². The Morgan fingerprint density at radius 2 is 2.40 bits per heavy atom. The normalized spacial score (nSPS) is 12.5. The monoisotopic (exact) mass is 244 g/mol. The highest BCUT2D eigenvalue weighted by Gasteiger charge is 2.11. The summed E-state index contributed by atoms with van der Waals surface area (Å²) in [5.41, 5.74) is 0. The lowest BCUT2D eigenvalue weighted by Gasteiger charge is -2.09. The fourth-order valence-corrected chi connectivity index (χ4v) is 2.34. The van der Waals surface area contributed by atoms with E-state index in [1.807, 2.05) is 5.38 Å². The summed E-state index contributed by atoms with van der Waals surface area (Å²) in [6.45, 7) is 4.73. The fourth-order valence-electron chi connectivity index (χ4n) is 1.30. The standard InChI is InChI=1S/C11H16O2S2/c1-3-4-8(2)6-13-11(12)10-5-9(14)7-15-10/h5,7-8,14H,3-4,6H2,1-2H3. The molecule has 1 unspecified atom stereocenters. The second-order valence-electron chi connectivity index (χ2n) is 3.66. The Hall–Kier alpha value is -0.480. The van der Waals surface area contributed by atoms with Crippen molar-refractivity contribution in [3.8, 4) is 0 Å². The molecule has 1 heterocycles. The van der Waals surface area contributed by atoms with Crippen LogP contribution >= 0.6 is 24.0 Å². The molecule has 4 heteroatoms. The average Bonchev–Trinajstić information content (AvgIpc) is 2.62. The van der Waals surface area contributed by atoms with Gasteiger partial charge in [-0.15, -0.1) is 24.0 Å². The number of hydrogen-bond donors (Lipinski definition) is 1. The lowest BCUT2D eigenvalue weighted by Crippen LogP contribution is -2.10. The van der Waals surface area contributed by atoms with E-state index in [4.69, 9.17) is 4.74 Å². The zero-order valence-corrected chi connectivity index (χ0v) is 10.7. The summed E-state index contributed by atoms with van der Waals surface area (Å²) in [6.07, 6.45) is 2.22. The van der Waals surface area contributed by atoms with E-state index in [0.717, 1.165) is 17.7 Å². The van der Waals surface area contributed by atoms with Gasteiger partial charge >= 0.3 is 5.97 Å². The van der Waals surface area contributed by atoms with Crippen molar-refractivity contribution in [1.82, 2.24) is 0 Å². The SMILES string of the molecule is CCCC(C)COC(=O)c1cc(S)cs1. The van der Waals surface area contributed by atoms with Gasteiger partial charge in [-0.3, -0.25) is 0 Å². The number of carbonyl (C=O) groups is 1. The van der Waals surface area contributed by atoms with E-state index in [2.05, 4.69) is 26.5 Å². The molecule has 0 aliphatic heterocycles. The maximum Gasteiger partial charge on any atom is 0.348 e. The molecule has 1 rings (SSSR count). The molecular weight excluding hydrogens is 228 g/mol. The van der Waals surface area contributed by atoms with Gasteiger partial charge in [-0.05, 0) is 18.4 Å². The minimum atomic E-state index is -0.233. The largest absolute Gasteiger partial charge is 0.461 e. The molecule has 0 fully saturated rings. The molecule has 0 saturated carbocycles. The summed E-state index contributed by atoms with van der Waals surface area (Å²) in [4.78, 5) is 13.0. The predicted molar refractivity (Wildman–Crippen MR) is 65.9 cm³/mol. The third-order valence-corrected chi connectivity index (χ3v) is 3.41. The zero-order valence-electron chi connectivity index (χ0n) is 9.03. The van der Waals surface area contributed by atoms with Crippen molar-refractivity contribution in [2.75, 3.05) is 6.61 Å². The van der Waals surface area contributed by atoms with Crippen LogP contribution in [0.3, 0.4) is 0 Å². The molecule has 1 aromatic heterocycles. The number of esters is 1. The summed E-state index contributed by atoms with van der Waals surface area (Å²) in [5.74, 6) is 0.206. The van der Waals surface area contributed by atoms with Crippen LogP contribution in [-0.2, 0) is 4.74 Å². The number of hydrogen-bond acceptors (Lipinski definition) is 4. The number of ether oxygens (including phenoxy) is 1. The van der Waals surface area contributed by atoms with Crippen LogP contribution in [0.15, 0.2) is 16.3 Å². The van der Waals surface area contributed by atoms with Gasteiger partial charge in [0.05, 0.1) is 6.61 Å². The van der Waals surface area contributed by atoms with Crippen molar-refractivity contribution in [3.05, 3.63) is 16.3 Å². The molecular formula is C11H16O2S2. The highest BCUT2D eigenvalue weighted by molar-refractivity contribution is 7.80. The van der Waals surface area contributed by atoms with E-state index in [0.29, 0.717) is 17.4 Å². The van der Waals surface area contributed by atoms with Crippen LogP contribution in [0.1, 0.15) is 36.4 Å². The first kappa shape index (κ1) is 12.6. The van der Waals surface area contributed by atoms with Crippen molar-refractivity contribution >= 4 is 29.9 Å². The van der Waals surface area contributed by atoms with Gasteiger partial charge in [-0.1, -0.05) is 20.3 Å². The minimum absolute atomic E-state index is 0.233. The van der Waals surface area contributed by atoms with Crippen molar-refractivity contribution in [2.45, 2.75) is 31.6 Å². The topological polar surface area (TPSA) is 26.3 Å². The maximum atomic E-state index is 11.5. The number of rotatable bonds is 5. The maximum absolute atomic E-state index is 11.5. The zero-order chi connectivity index (χ0) is 11.3. The fraction of sp³-hybridized carbons (Fsp3) is 0.545. The molecule has 2 nitrogen and oxygen atoms in total. The molecule has 0 radical (unpaired) electrons. The van der Waals surface area contributed by atoms with E-state index < -0.39 is 0 Å². The number of carbonyl (C=O) groups excluding carboxylic acids is 1. The van der Waals surface area contributed by atoms with E-state index >= 15 is 0 Å². The van der Waals surface area contributed by atoms with Crippen LogP contribution in [0.5, 0.6) is 0 Å². The van der Waals surface area contributed by atoms with Gasteiger partial charge in [-0.25, -0.2) is 4.79 Å². The smallest absolute Gasteiger partial charge is 0.348 e. The summed E-state index contributed by atoms with van der Waals surface area (Å²) in [5, 5.41) is 1.83. The number of thiophene rings is 1. The van der Waals surface area contributed by atoms with Gasteiger partial charge in [0.15, 0.2) is 0 Å². The molecule has 84 valence electrons. The summed E-state index contributed by atoms with van der Waals surface area (Å²) in [6, 6.07) is 1.74. The van der Waals surface area contributed by atoms with Crippen LogP contribution < -0.4 is 0 Å². The molecule has 15 heavy (non-hydrogen) atoms. The molecule has 0 N–H and O–H groups in total. The molecule has 0 spiro atoms. The minimum Gasteiger partial charge on any atom is -0.461 e. The third-order valence-electron chi connectivity index (χ3n) is 2.07. The van der Waals surface area contributed by atoms with E-state index in [-0.39, 0.29) is 5.97 Å². The summed E-state index contributed by atoms with van der Waals surface area (Å²) < 4.78 is 5.19. The van der Waals surface area contributed by atoms with Crippen molar-refractivity contribution in [3.63, 3.8) is 0 Å². The Labute approximate surface area is 100 Å². The predicted octanol–water partition coefficient (Wildman–Crippen LogP) is 3.63. The summed E-state index contributed by atoms with van der Waals surface area (Å²) in [7, 11) is 0. The Morgan fingerprint density at radius 1 is 1.67 bits per heavy atom. The van der Waals surface area contributed by atoms with Crippen LogP contribution in [-0.4, -0.2) is 12.6 Å². The molecule has 0 bridgehead atoms. The molecule has 0 aliphatic rings. The van der Waals surface area contributed by atoms with Gasteiger partial charge in [0, 0.05) is 10.3 Å². The third kappa shape index (κ3) is 4.26. The van der Waals surface area contributed by atoms with Gasteiger partial charge < -0.3 is 4.74 Å². The average molecular weight is 244 g/mol. The van der Waals surface area contributed by atoms with Crippen molar-refractivity contribution in [2.24, 2.45) is 5.92 Å². The lowest BCUT2D eigenvalue weighted by atomic mass is 10.1. The Morgan fingerprint density at radius 3 is 2.93 bits per heavy atom. The second kappa shape index (κ2) is 6.18. The lowest BCUT2D eigenvalue weighted by molar-refractivity contribution is 0.0449. The summed E-state index contributed by atoms with van der Waals surface area (Å²) >= 11 is 5.52. The van der Waals surface area contributed by atoms with Gasteiger partial charge in [0.2, 0.25) is 0 Å². The first-order valence-corrected chi connectivity index (χ1v) is 6.40. The molecule has 1 aromatic rings. The van der Waals surface area contributed by atoms with Crippen molar-refractivity contribution in [1.29, 1.82) is 0 Å². The molecule has 0 aromatic carbocycles. The molecule has 0 amide bonds. The van der Waals surface area contributed by atoms with E-state index in [1.54, 1.807) is 6.07 Å². The Balaban J connectivity index is 2.36. The Kier molecular flexibility index (Phi) is 5.19. The van der Waals surface area contributed by atoms with E-state index in [1.165, 1.54) is 11.3 Å².